The zero-order valence-corrected chi connectivity index (χ0v) is 59.4. The van der Waals surface area contributed by atoms with E-state index in [0.29, 0.717) is 40.0 Å². The van der Waals surface area contributed by atoms with E-state index >= 15 is 0 Å². The molecule has 0 radical (unpaired) electrons. The molecule has 3 aromatic heterocycles. The number of H-pyrrole nitrogens is 2. The van der Waals surface area contributed by atoms with Gasteiger partial charge in [-0.1, -0.05) is 95.0 Å². The molecule has 3 heterocycles. The number of hydrogen-bond donors (Lipinski definition) is 12. The lowest BCUT2D eigenvalue weighted by Gasteiger charge is -2.21. The molecule has 0 aliphatic heterocycles. The summed E-state index contributed by atoms with van der Waals surface area (Å²) in [5.41, 5.74) is 16.2. The maximum absolute atomic E-state index is 11.3. The number of aromatic amines is 2. The van der Waals surface area contributed by atoms with Gasteiger partial charge in [0, 0.05) is 69.7 Å². The quantitative estimate of drug-likeness (QED) is 0.0168. The Morgan fingerprint density at radius 3 is 1.38 bits per heavy atom. The number of para-hydroxylation sites is 1. The minimum atomic E-state index is -4.32. The Balaban J connectivity index is 0.000000195. The number of anilines is 1. The zero-order valence-electron chi connectivity index (χ0n) is 57.6. The van der Waals surface area contributed by atoms with Gasteiger partial charge < -0.3 is 65.1 Å². The third-order valence-electron chi connectivity index (χ3n) is 17.5. The van der Waals surface area contributed by atoms with Crippen LogP contribution in [0.15, 0.2) is 133 Å². The SMILES string of the molecule is CCCCCCCCCCCCc1nc(-c2ccc(O)cc2O)n(-c2ccccc2)c1-c1ccc(N(CC)CC)cc1.Cc1[nH]c(-c2cc(CCP(=O)(O)O)c(O)c(CCP(=O)(O)O)c2)nc1-c1ccc(O)cc1.Cc1cc(-c2nc(-c3cc(C)c(O)c(C)c3)c(C)[nH]2)cc(C)c1O. The van der Waals surface area contributed by atoms with Crippen molar-refractivity contribution in [3.8, 4) is 108 Å². The van der Waals surface area contributed by atoms with E-state index in [1.807, 2.05) is 84.0 Å². The minimum absolute atomic E-state index is 0.0195. The number of unbranched alkanes of at least 4 members (excludes halogenated alkanes) is 9. The monoisotopic (exact) mass is 1370 g/mol. The van der Waals surface area contributed by atoms with E-state index in [1.165, 1.54) is 81.7 Å². The van der Waals surface area contributed by atoms with Crippen LogP contribution in [0.5, 0.6) is 34.5 Å². The fourth-order valence-electron chi connectivity index (χ4n) is 12.2. The predicted octanol–water partition coefficient (Wildman–Crippen LogP) is 17.5. The first kappa shape index (κ1) is 74.9. The van der Waals surface area contributed by atoms with E-state index in [0.717, 1.165) is 110 Å². The number of rotatable bonds is 27. The van der Waals surface area contributed by atoms with Crippen LogP contribution >= 0.6 is 15.2 Å². The first-order valence-corrected chi connectivity index (χ1v) is 37.3. The number of imidazole rings is 3. The second-order valence-electron chi connectivity index (χ2n) is 25.3. The molecule has 0 bridgehead atoms. The van der Waals surface area contributed by atoms with Gasteiger partial charge in [-0.25, -0.2) is 15.0 Å². The van der Waals surface area contributed by atoms with Gasteiger partial charge in [-0.3, -0.25) is 13.7 Å². The molecule has 21 heteroatoms. The van der Waals surface area contributed by atoms with Crippen molar-refractivity contribution in [1.82, 2.24) is 29.5 Å². The smallest absolute Gasteiger partial charge is 0.325 e. The maximum atomic E-state index is 11.3. The van der Waals surface area contributed by atoms with E-state index in [2.05, 4.69) is 81.6 Å². The molecule has 7 aromatic carbocycles. The van der Waals surface area contributed by atoms with Crippen molar-refractivity contribution >= 4 is 20.9 Å². The second kappa shape index (κ2) is 34.0. The number of hydrogen-bond acceptors (Lipinski definition) is 12. The van der Waals surface area contributed by atoms with Crippen LogP contribution in [0.3, 0.4) is 0 Å². The summed E-state index contributed by atoms with van der Waals surface area (Å²) in [4.78, 5) is 60.2. The van der Waals surface area contributed by atoms with Crippen molar-refractivity contribution in [2.75, 3.05) is 30.3 Å². The highest BCUT2D eigenvalue weighted by Crippen LogP contribution is 2.43. The molecular weight excluding hydrogens is 1280 g/mol. The van der Waals surface area contributed by atoms with Crippen molar-refractivity contribution in [3.63, 3.8) is 0 Å². The lowest BCUT2D eigenvalue weighted by atomic mass is 10.00. The van der Waals surface area contributed by atoms with Crippen LogP contribution in [0.1, 0.15) is 135 Å². The largest absolute Gasteiger partial charge is 0.508 e. The second-order valence-corrected chi connectivity index (χ2v) is 28.8. The van der Waals surface area contributed by atoms with Crippen molar-refractivity contribution in [2.45, 2.75) is 146 Å². The molecule has 520 valence electrons. The van der Waals surface area contributed by atoms with Gasteiger partial charge in [0.05, 0.1) is 40.7 Å². The van der Waals surface area contributed by atoms with Crippen LogP contribution in [0.2, 0.25) is 0 Å². The van der Waals surface area contributed by atoms with Crippen LogP contribution in [-0.2, 0) is 28.4 Å². The summed E-state index contributed by atoms with van der Waals surface area (Å²) in [6, 6.07) is 41.1. The van der Waals surface area contributed by atoms with E-state index < -0.39 is 27.5 Å². The third-order valence-corrected chi connectivity index (χ3v) is 19.2. The number of aromatic nitrogens is 6. The molecule has 0 amide bonds. The van der Waals surface area contributed by atoms with Gasteiger partial charge in [0.25, 0.3) is 0 Å². The lowest BCUT2D eigenvalue weighted by molar-refractivity contribution is 0.371. The summed E-state index contributed by atoms with van der Waals surface area (Å²) in [6.45, 7) is 19.9. The molecule has 0 spiro atoms. The number of aromatic hydroxyl groups is 6. The molecular formula is C77H95N7O12P2. The van der Waals surface area contributed by atoms with Crippen molar-refractivity contribution in [3.05, 3.63) is 184 Å². The highest BCUT2D eigenvalue weighted by Gasteiger charge is 2.25. The fraction of sp³-hybridized carbons (Fsp3) is 0.338. The first-order chi connectivity index (χ1) is 46.7. The Kier molecular flexibility index (Phi) is 26.0. The Labute approximate surface area is 575 Å². The summed E-state index contributed by atoms with van der Waals surface area (Å²) < 4.78 is 24.8. The van der Waals surface area contributed by atoms with Gasteiger partial charge in [0.2, 0.25) is 0 Å². The van der Waals surface area contributed by atoms with E-state index in [-0.39, 0.29) is 47.0 Å². The average molecular weight is 1370 g/mol. The molecule has 19 nitrogen and oxygen atoms in total. The van der Waals surface area contributed by atoms with Crippen molar-refractivity contribution < 1.29 is 59.3 Å². The van der Waals surface area contributed by atoms with E-state index in [1.54, 1.807) is 36.4 Å². The summed E-state index contributed by atoms with van der Waals surface area (Å²) in [5, 5.41) is 60.8. The standard InChI is InChI=1S/C37H49N3O2.C20H24N2O8P2.C20H22N2O2/c1-4-7-8-9-10-11-12-13-14-18-21-34-36(29-22-24-30(25-23-29)39(5-2)6-3)40(31-19-16-15-17-20-31)37(38-34)33-27-26-32(41)28-35(33)42;1-12-18(13-2-4-17(23)5-3-13)22-20(21-12)16-10-14(6-8-31(25,26)27)19(24)15(11-16)7-9-32(28,29)30;1-10-6-15(7-11(2)18(10)23)17-14(5)21-20(22-17)16-8-12(3)19(24)13(4)9-16/h15-17,19-20,22-28,41-42H,4-14,18,21H2,1-3H3;2-5,10-11,23-24H,6-9H2,1H3,(H,21,22)(H2,25,26,27)(H2,28,29,30);6-9,23-24H,1-5H3,(H,21,22). The predicted molar refractivity (Wildman–Crippen MR) is 392 cm³/mol. The molecule has 0 unspecified atom stereocenters. The molecule has 0 atom stereocenters. The van der Waals surface area contributed by atoms with Gasteiger partial charge in [0.1, 0.15) is 52.0 Å². The molecule has 98 heavy (non-hydrogen) atoms. The number of benzene rings is 7. The summed E-state index contributed by atoms with van der Waals surface area (Å²) in [5.74, 6) is 2.45. The van der Waals surface area contributed by atoms with Gasteiger partial charge in [-0.05, 0) is 212 Å². The summed E-state index contributed by atoms with van der Waals surface area (Å²) in [7, 11) is -8.65. The van der Waals surface area contributed by atoms with Crippen molar-refractivity contribution in [2.24, 2.45) is 0 Å². The molecule has 0 saturated heterocycles. The molecule has 0 saturated carbocycles. The Morgan fingerprint density at radius 1 is 0.449 bits per heavy atom. The molecule has 10 aromatic rings. The number of phenolic OH excluding ortho intramolecular Hbond substituents is 6. The molecule has 0 aliphatic carbocycles. The van der Waals surface area contributed by atoms with Crippen LogP contribution in [0, 0.1) is 41.5 Å². The number of nitrogens with one attached hydrogen (secondary N) is 2. The number of nitrogens with zero attached hydrogens (tertiary/aromatic N) is 5. The van der Waals surface area contributed by atoms with Gasteiger partial charge in [-0.15, -0.1) is 0 Å². The Bertz CT molecular complexity index is 4300. The maximum Gasteiger partial charge on any atom is 0.325 e. The average Bonchev–Trinajstić information content (AvgIpc) is 1.67. The van der Waals surface area contributed by atoms with Crippen LogP contribution in [0.25, 0.3) is 73.6 Å². The van der Waals surface area contributed by atoms with Gasteiger partial charge in [0.15, 0.2) is 0 Å². The van der Waals surface area contributed by atoms with Crippen LogP contribution in [-0.4, -0.2) is 105 Å². The lowest BCUT2D eigenvalue weighted by Crippen LogP contribution is -2.21. The normalized spacial score (nSPS) is 11.5. The topological polar surface area (TPSA) is 315 Å². The Hall–Kier alpha value is -8.93. The number of aryl methyl sites for hydroxylation is 9. The van der Waals surface area contributed by atoms with Gasteiger partial charge in [-0.2, -0.15) is 0 Å². The molecule has 12 N–H and O–H groups in total. The first-order valence-electron chi connectivity index (χ1n) is 33.7. The zero-order chi connectivity index (χ0) is 71.0. The Morgan fingerprint density at radius 2 is 0.898 bits per heavy atom. The van der Waals surface area contributed by atoms with Crippen molar-refractivity contribution in [1.29, 1.82) is 0 Å². The van der Waals surface area contributed by atoms with E-state index in [4.69, 9.17) is 9.97 Å². The van der Waals surface area contributed by atoms with Crippen LogP contribution < -0.4 is 4.90 Å². The van der Waals surface area contributed by atoms with Crippen LogP contribution in [0.4, 0.5) is 5.69 Å². The number of phenols is 6. The van der Waals surface area contributed by atoms with Gasteiger partial charge >= 0.3 is 15.2 Å². The fourth-order valence-corrected chi connectivity index (χ4v) is 13.3. The molecule has 0 aliphatic rings. The summed E-state index contributed by atoms with van der Waals surface area (Å²) >= 11 is 0. The highest BCUT2D eigenvalue weighted by atomic mass is 31.2. The molecule has 10 rings (SSSR count). The van der Waals surface area contributed by atoms with E-state index in [9.17, 15) is 59.3 Å². The third kappa shape index (κ3) is 19.9. The minimum Gasteiger partial charge on any atom is -0.508 e. The summed E-state index contributed by atoms with van der Waals surface area (Å²) in [6.07, 6.45) is 12.6. The molecule has 0 fully saturated rings. The highest BCUT2D eigenvalue weighted by molar-refractivity contribution is 7.52.